The van der Waals surface area contributed by atoms with Crippen molar-refractivity contribution in [3.63, 3.8) is 0 Å². The van der Waals surface area contributed by atoms with Crippen LogP contribution in [-0.2, 0) is 14.9 Å². The van der Waals surface area contributed by atoms with Crippen LogP contribution in [0.4, 0.5) is 0 Å². The van der Waals surface area contributed by atoms with Gasteiger partial charge in [0.1, 0.15) is 5.60 Å². The lowest BCUT2D eigenvalue weighted by Crippen LogP contribution is -2.55. The summed E-state index contributed by atoms with van der Waals surface area (Å²) in [6.45, 7) is 8.20. The van der Waals surface area contributed by atoms with Crippen molar-refractivity contribution in [3.8, 4) is 0 Å². The highest BCUT2D eigenvalue weighted by molar-refractivity contribution is 6.62. The quantitative estimate of drug-likeness (QED) is 0.822. The van der Waals surface area contributed by atoms with E-state index < -0.39 is 12.7 Å². The van der Waals surface area contributed by atoms with E-state index in [1.54, 1.807) is 0 Å². The van der Waals surface area contributed by atoms with Crippen molar-refractivity contribution < 1.29 is 14.4 Å². The van der Waals surface area contributed by atoms with Gasteiger partial charge in [-0.15, -0.1) is 0 Å². The molecular weight excluding hydrogens is 327 g/mol. The van der Waals surface area contributed by atoms with E-state index in [-0.39, 0.29) is 11.2 Å². The van der Waals surface area contributed by atoms with Crippen molar-refractivity contribution in [2.75, 3.05) is 7.05 Å². The van der Waals surface area contributed by atoms with Crippen LogP contribution in [-0.4, -0.2) is 52.4 Å². The van der Waals surface area contributed by atoms with Gasteiger partial charge in [-0.25, -0.2) is 0 Å². The zero-order valence-electron chi connectivity index (χ0n) is 16.7. The van der Waals surface area contributed by atoms with E-state index in [9.17, 15) is 5.11 Å². The summed E-state index contributed by atoms with van der Waals surface area (Å²) in [5.41, 5.74) is 0.142. The number of pyridine rings is 1. The first-order valence-electron chi connectivity index (χ1n) is 9.88. The Hall–Kier alpha value is -0.945. The maximum atomic E-state index is 11.3. The van der Waals surface area contributed by atoms with Crippen LogP contribution in [0.25, 0.3) is 0 Å². The van der Waals surface area contributed by atoms with Crippen LogP contribution < -0.4 is 5.46 Å². The maximum Gasteiger partial charge on any atom is 0.496 e. The van der Waals surface area contributed by atoms with Crippen molar-refractivity contribution in [2.24, 2.45) is 0 Å². The molecule has 142 valence electrons. The van der Waals surface area contributed by atoms with Crippen LogP contribution in [0.15, 0.2) is 18.3 Å². The second-order valence-electron chi connectivity index (χ2n) is 9.41. The molecule has 0 spiro atoms. The van der Waals surface area contributed by atoms with Gasteiger partial charge in [-0.05, 0) is 66.5 Å². The van der Waals surface area contributed by atoms with Gasteiger partial charge in [0.25, 0.3) is 0 Å². The van der Waals surface area contributed by atoms with E-state index in [1.165, 1.54) is 19.3 Å². The molecule has 6 heteroatoms. The third-order valence-corrected chi connectivity index (χ3v) is 7.16. The Labute approximate surface area is 157 Å². The zero-order chi connectivity index (χ0) is 18.7. The fraction of sp³-hybridized carbons (Fsp3) is 0.750. The molecule has 2 unspecified atom stereocenters. The SMILES string of the molecule is CN1C2CCCC1CC(O)(c1ccc(B3OC(C)(C)C(C)(C)O3)cn1)C2. The second kappa shape index (κ2) is 6.03. The van der Waals surface area contributed by atoms with Gasteiger partial charge >= 0.3 is 7.12 Å². The number of hydrogen-bond acceptors (Lipinski definition) is 5. The van der Waals surface area contributed by atoms with E-state index in [0.717, 1.165) is 24.0 Å². The summed E-state index contributed by atoms with van der Waals surface area (Å²) in [6, 6.07) is 4.87. The number of nitrogens with zero attached hydrogens (tertiary/aromatic N) is 2. The first-order valence-corrected chi connectivity index (χ1v) is 9.88. The number of fused-ring (bicyclic) bond motifs is 2. The summed E-state index contributed by atoms with van der Waals surface area (Å²) >= 11 is 0. The van der Waals surface area contributed by atoms with Crippen molar-refractivity contribution in [1.29, 1.82) is 0 Å². The number of rotatable bonds is 2. The topological polar surface area (TPSA) is 54.8 Å². The Morgan fingerprint density at radius 1 is 1.08 bits per heavy atom. The summed E-state index contributed by atoms with van der Waals surface area (Å²) in [4.78, 5) is 7.09. The fourth-order valence-corrected chi connectivity index (χ4v) is 4.66. The van der Waals surface area contributed by atoms with Crippen LogP contribution >= 0.6 is 0 Å². The molecule has 1 N–H and O–H groups in total. The summed E-state index contributed by atoms with van der Waals surface area (Å²) < 4.78 is 12.2. The lowest BCUT2D eigenvalue weighted by Gasteiger charge is -2.50. The molecule has 4 heterocycles. The van der Waals surface area contributed by atoms with Crippen molar-refractivity contribution in [3.05, 3.63) is 24.0 Å². The lowest BCUT2D eigenvalue weighted by molar-refractivity contribution is -0.0898. The summed E-state index contributed by atoms with van der Waals surface area (Å²) in [7, 11) is 1.79. The van der Waals surface area contributed by atoms with Gasteiger partial charge in [-0.3, -0.25) is 4.98 Å². The molecule has 3 aliphatic heterocycles. The van der Waals surface area contributed by atoms with Crippen LogP contribution in [0.1, 0.15) is 65.5 Å². The minimum atomic E-state index is -0.823. The molecular formula is C20H31BN2O3. The molecule has 0 saturated carbocycles. The van der Waals surface area contributed by atoms with Crippen molar-refractivity contribution in [2.45, 2.75) is 88.7 Å². The average molecular weight is 358 g/mol. The Morgan fingerprint density at radius 2 is 1.65 bits per heavy atom. The monoisotopic (exact) mass is 358 g/mol. The maximum absolute atomic E-state index is 11.3. The fourth-order valence-electron chi connectivity index (χ4n) is 4.66. The van der Waals surface area contributed by atoms with E-state index >= 15 is 0 Å². The van der Waals surface area contributed by atoms with Gasteiger partial charge in [0.15, 0.2) is 0 Å². The number of aliphatic hydroxyl groups is 1. The van der Waals surface area contributed by atoms with Crippen LogP contribution in [0, 0.1) is 0 Å². The van der Waals surface area contributed by atoms with Crippen molar-refractivity contribution in [1.82, 2.24) is 9.88 Å². The van der Waals surface area contributed by atoms with Gasteiger partial charge in [0.2, 0.25) is 0 Å². The molecule has 1 aromatic rings. The molecule has 0 amide bonds. The molecule has 3 aliphatic rings. The number of aromatic nitrogens is 1. The zero-order valence-corrected chi connectivity index (χ0v) is 16.7. The normalized spacial score (nSPS) is 36.3. The predicted molar refractivity (Wildman–Crippen MR) is 102 cm³/mol. The summed E-state index contributed by atoms with van der Waals surface area (Å²) in [5, 5.41) is 11.3. The smallest absolute Gasteiger partial charge is 0.399 e. The summed E-state index contributed by atoms with van der Waals surface area (Å²) in [5.74, 6) is 0. The Bertz CT molecular complexity index is 646. The highest BCUT2D eigenvalue weighted by Crippen LogP contribution is 2.43. The van der Waals surface area contributed by atoms with Gasteiger partial charge in [0, 0.05) is 23.7 Å². The predicted octanol–water partition coefficient (Wildman–Crippen LogP) is 2.22. The third kappa shape index (κ3) is 2.91. The third-order valence-electron chi connectivity index (χ3n) is 7.16. The molecule has 0 radical (unpaired) electrons. The van der Waals surface area contributed by atoms with Gasteiger partial charge < -0.3 is 19.3 Å². The van der Waals surface area contributed by atoms with E-state index in [2.05, 4.69) is 44.6 Å². The first kappa shape index (κ1) is 18.4. The van der Waals surface area contributed by atoms with Gasteiger partial charge in [0.05, 0.1) is 16.9 Å². The summed E-state index contributed by atoms with van der Waals surface area (Å²) in [6.07, 6.45) is 6.95. The molecule has 1 aromatic heterocycles. The van der Waals surface area contributed by atoms with E-state index in [0.29, 0.717) is 12.1 Å². The van der Waals surface area contributed by atoms with Crippen LogP contribution in [0.3, 0.4) is 0 Å². The van der Waals surface area contributed by atoms with Crippen LogP contribution in [0.5, 0.6) is 0 Å². The molecule has 0 aromatic carbocycles. The van der Waals surface area contributed by atoms with E-state index in [4.69, 9.17) is 9.31 Å². The average Bonchev–Trinajstić information content (AvgIpc) is 2.77. The minimum absolute atomic E-state index is 0.361. The molecule has 4 rings (SSSR count). The van der Waals surface area contributed by atoms with Crippen molar-refractivity contribution >= 4 is 12.6 Å². The highest BCUT2D eigenvalue weighted by Gasteiger charge is 2.52. The van der Waals surface area contributed by atoms with Crippen LogP contribution in [0.2, 0.25) is 0 Å². The molecule has 26 heavy (non-hydrogen) atoms. The highest BCUT2D eigenvalue weighted by atomic mass is 16.7. The Morgan fingerprint density at radius 3 is 2.15 bits per heavy atom. The molecule has 2 bridgehead atoms. The standard InChI is InChI=1S/C20H31BN2O3/c1-18(2)19(3,4)26-21(25-18)14-9-10-17(22-13-14)20(24)11-15-7-6-8-16(12-20)23(15)5/h9-10,13,15-16,24H,6-8,11-12H2,1-5H3. The molecule has 5 nitrogen and oxygen atoms in total. The number of hydrogen-bond donors (Lipinski definition) is 1. The first-order chi connectivity index (χ1) is 12.1. The van der Waals surface area contributed by atoms with Gasteiger partial charge in [-0.1, -0.05) is 12.5 Å². The second-order valence-corrected chi connectivity index (χ2v) is 9.41. The molecule has 3 saturated heterocycles. The Kier molecular flexibility index (Phi) is 4.27. The van der Waals surface area contributed by atoms with E-state index in [1.807, 2.05) is 18.3 Å². The lowest BCUT2D eigenvalue weighted by atomic mass is 9.73. The molecule has 2 atom stereocenters. The largest absolute Gasteiger partial charge is 0.496 e. The number of piperidine rings is 2. The minimum Gasteiger partial charge on any atom is -0.399 e. The Balaban J connectivity index is 1.53. The molecule has 3 fully saturated rings. The van der Waals surface area contributed by atoms with Gasteiger partial charge in [-0.2, -0.15) is 0 Å². The molecule has 0 aliphatic carbocycles.